The van der Waals surface area contributed by atoms with Gasteiger partial charge in [0.2, 0.25) is 0 Å². The van der Waals surface area contributed by atoms with Crippen LogP contribution in [0.3, 0.4) is 0 Å². The number of benzene rings is 2. The van der Waals surface area contributed by atoms with Crippen molar-refractivity contribution in [3.8, 4) is 5.75 Å². The van der Waals surface area contributed by atoms with Gasteiger partial charge in [-0.25, -0.2) is 10.0 Å². The van der Waals surface area contributed by atoms with Crippen molar-refractivity contribution in [2.24, 2.45) is 4.99 Å². The molecule has 1 fully saturated rings. The predicted molar refractivity (Wildman–Crippen MR) is 102 cm³/mol. The Bertz CT molecular complexity index is 779. The van der Waals surface area contributed by atoms with Gasteiger partial charge in [-0.05, 0) is 50.2 Å². The van der Waals surface area contributed by atoms with Gasteiger partial charge in [0.25, 0.3) is 5.91 Å². The molecular formula is C18H18ClN3O2S. The average Bonchev–Trinajstić information content (AvgIpc) is 2.89. The number of amides is 1. The topological polar surface area (TPSA) is 53.9 Å². The zero-order valence-corrected chi connectivity index (χ0v) is 15.5. The maximum atomic E-state index is 12.5. The van der Waals surface area contributed by atoms with Crippen molar-refractivity contribution in [2.75, 3.05) is 6.61 Å². The zero-order valence-electron chi connectivity index (χ0n) is 13.9. The van der Waals surface area contributed by atoms with Crippen LogP contribution in [0, 0.1) is 0 Å². The fraction of sp³-hybridized carbons (Fsp3) is 0.222. The van der Waals surface area contributed by atoms with E-state index in [4.69, 9.17) is 16.3 Å². The van der Waals surface area contributed by atoms with Crippen LogP contribution >= 0.6 is 23.4 Å². The van der Waals surface area contributed by atoms with Crippen molar-refractivity contribution < 1.29 is 9.53 Å². The van der Waals surface area contributed by atoms with E-state index >= 15 is 0 Å². The van der Waals surface area contributed by atoms with Crippen molar-refractivity contribution >= 4 is 40.1 Å². The van der Waals surface area contributed by atoms with Gasteiger partial charge >= 0.3 is 0 Å². The van der Waals surface area contributed by atoms with E-state index in [-0.39, 0.29) is 12.5 Å². The van der Waals surface area contributed by atoms with Crippen LogP contribution in [0.2, 0.25) is 5.02 Å². The van der Waals surface area contributed by atoms with Gasteiger partial charge in [0.15, 0.2) is 11.8 Å². The Morgan fingerprint density at radius 1 is 1.20 bits per heavy atom. The number of amidine groups is 1. The van der Waals surface area contributed by atoms with Crippen molar-refractivity contribution in [3.05, 3.63) is 59.6 Å². The molecule has 1 N–H and O–H groups in total. The van der Waals surface area contributed by atoms with Crippen molar-refractivity contribution in [1.82, 2.24) is 10.4 Å². The third kappa shape index (κ3) is 4.46. The summed E-state index contributed by atoms with van der Waals surface area (Å²) in [6.07, 6.45) is 0. The second-order valence-electron chi connectivity index (χ2n) is 5.88. The molecule has 25 heavy (non-hydrogen) atoms. The molecule has 0 spiro atoms. The monoisotopic (exact) mass is 375 g/mol. The summed E-state index contributed by atoms with van der Waals surface area (Å²) in [7, 11) is 0. The fourth-order valence-corrected chi connectivity index (χ4v) is 3.43. The highest BCUT2D eigenvalue weighted by molar-refractivity contribution is 8.15. The first-order valence-electron chi connectivity index (χ1n) is 7.75. The summed E-state index contributed by atoms with van der Waals surface area (Å²) >= 11 is 7.33. The number of ether oxygens (including phenoxy) is 1. The van der Waals surface area contributed by atoms with Crippen molar-refractivity contribution in [3.63, 3.8) is 0 Å². The molecule has 0 radical (unpaired) electrons. The summed E-state index contributed by atoms with van der Waals surface area (Å²) in [5.41, 5.74) is 3.90. The van der Waals surface area contributed by atoms with Gasteiger partial charge in [-0.2, -0.15) is 0 Å². The lowest BCUT2D eigenvalue weighted by atomic mass is 10.3. The minimum Gasteiger partial charge on any atom is -0.484 e. The van der Waals surface area contributed by atoms with E-state index in [1.54, 1.807) is 29.3 Å². The Hall–Kier alpha value is -2.18. The number of carbonyl (C=O) groups is 1. The lowest BCUT2D eigenvalue weighted by Gasteiger charge is -2.28. The summed E-state index contributed by atoms with van der Waals surface area (Å²) in [6, 6.07) is 16.5. The molecule has 1 aliphatic rings. The second kappa shape index (κ2) is 7.37. The standard InChI is InChI=1S/C18H18ClN3O2S/c1-18(2)22(16(23)12-24-15-10-8-13(19)9-11-15)21-17(25-18)20-14-6-4-3-5-7-14/h3-11H,12H2,1-2H3,(H,20,21). The molecule has 1 aliphatic heterocycles. The zero-order chi connectivity index (χ0) is 17.9. The van der Waals surface area contributed by atoms with E-state index < -0.39 is 4.87 Å². The quantitative estimate of drug-likeness (QED) is 0.869. The van der Waals surface area contributed by atoms with Gasteiger partial charge in [0.05, 0.1) is 5.69 Å². The number of nitrogens with one attached hydrogen (secondary N) is 1. The molecule has 0 unspecified atom stereocenters. The molecule has 5 nitrogen and oxygen atoms in total. The molecule has 0 bridgehead atoms. The lowest BCUT2D eigenvalue weighted by molar-refractivity contribution is -0.137. The Morgan fingerprint density at radius 2 is 1.88 bits per heavy atom. The number of aliphatic imine (C=N–C) groups is 1. The Labute approximate surface area is 156 Å². The van der Waals surface area contributed by atoms with E-state index in [1.165, 1.54) is 11.8 Å². The van der Waals surface area contributed by atoms with Crippen LogP contribution in [0.5, 0.6) is 5.75 Å². The minimum absolute atomic E-state index is 0.0722. The molecule has 2 aromatic rings. The van der Waals surface area contributed by atoms with Crippen molar-refractivity contribution in [1.29, 1.82) is 0 Å². The number of nitrogens with zero attached hydrogens (tertiary/aromatic N) is 2. The van der Waals surface area contributed by atoms with Gasteiger partial charge in [0.1, 0.15) is 10.6 Å². The van der Waals surface area contributed by atoms with Crippen LogP contribution in [0.15, 0.2) is 59.6 Å². The van der Waals surface area contributed by atoms with Crippen LogP contribution in [0.4, 0.5) is 5.69 Å². The van der Waals surface area contributed by atoms with Crippen LogP contribution in [0.25, 0.3) is 0 Å². The van der Waals surface area contributed by atoms with Gasteiger partial charge in [0, 0.05) is 5.02 Å². The fourth-order valence-electron chi connectivity index (χ4n) is 2.31. The number of rotatable bonds is 4. The van der Waals surface area contributed by atoms with Gasteiger partial charge in [-0.3, -0.25) is 10.2 Å². The molecule has 2 aromatic carbocycles. The highest BCUT2D eigenvalue weighted by Crippen LogP contribution is 2.35. The third-order valence-corrected chi connectivity index (χ3v) is 4.81. The molecule has 1 amide bonds. The molecule has 0 aliphatic carbocycles. The van der Waals surface area contributed by atoms with Gasteiger partial charge in [-0.15, -0.1) is 0 Å². The van der Waals surface area contributed by atoms with Crippen LogP contribution in [0.1, 0.15) is 13.8 Å². The van der Waals surface area contributed by atoms with Gasteiger partial charge in [-0.1, -0.05) is 41.6 Å². The lowest BCUT2D eigenvalue weighted by Crippen LogP contribution is -2.49. The van der Waals surface area contributed by atoms with Crippen LogP contribution in [-0.4, -0.2) is 27.6 Å². The largest absolute Gasteiger partial charge is 0.484 e. The van der Waals surface area contributed by atoms with E-state index in [9.17, 15) is 4.79 Å². The summed E-state index contributed by atoms with van der Waals surface area (Å²) in [6.45, 7) is 3.84. The average molecular weight is 376 g/mol. The normalized spacial score (nSPS) is 17.4. The molecule has 1 heterocycles. The molecule has 0 saturated carbocycles. The first-order valence-corrected chi connectivity index (χ1v) is 8.94. The number of hydrazine groups is 1. The number of hydrogen-bond acceptors (Lipinski definition) is 4. The van der Waals surface area contributed by atoms with E-state index in [1.807, 2.05) is 44.2 Å². The first-order chi connectivity index (χ1) is 11.9. The molecule has 3 rings (SSSR count). The molecule has 0 aromatic heterocycles. The summed E-state index contributed by atoms with van der Waals surface area (Å²) < 4.78 is 5.54. The molecular weight excluding hydrogens is 358 g/mol. The molecule has 7 heteroatoms. The van der Waals surface area contributed by atoms with E-state index in [0.29, 0.717) is 15.9 Å². The number of halogens is 1. The Balaban J connectivity index is 1.65. The van der Waals surface area contributed by atoms with Crippen molar-refractivity contribution in [2.45, 2.75) is 18.7 Å². The van der Waals surface area contributed by atoms with E-state index in [2.05, 4.69) is 10.4 Å². The predicted octanol–water partition coefficient (Wildman–Crippen LogP) is 4.22. The number of para-hydroxylation sites is 1. The summed E-state index contributed by atoms with van der Waals surface area (Å²) in [4.78, 5) is 16.6. The molecule has 0 atom stereocenters. The van der Waals surface area contributed by atoms with Crippen LogP contribution in [-0.2, 0) is 4.79 Å². The number of hydrogen-bond donors (Lipinski definition) is 1. The summed E-state index contributed by atoms with van der Waals surface area (Å²) in [5, 5.41) is 2.85. The third-order valence-electron chi connectivity index (χ3n) is 3.50. The molecule has 1 saturated heterocycles. The maximum Gasteiger partial charge on any atom is 0.280 e. The summed E-state index contributed by atoms with van der Waals surface area (Å²) in [5.74, 6) is 0.422. The minimum atomic E-state index is -0.464. The Morgan fingerprint density at radius 3 is 2.56 bits per heavy atom. The number of thioether (sulfide) groups is 1. The van der Waals surface area contributed by atoms with E-state index in [0.717, 1.165) is 5.69 Å². The number of carbonyl (C=O) groups excluding carboxylic acids is 1. The second-order valence-corrected chi connectivity index (χ2v) is 7.91. The smallest absolute Gasteiger partial charge is 0.280 e. The first kappa shape index (κ1) is 17.6. The molecule has 130 valence electrons. The Kier molecular flexibility index (Phi) is 5.20. The van der Waals surface area contributed by atoms with Crippen LogP contribution < -0.4 is 10.2 Å². The highest BCUT2D eigenvalue weighted by atomic mass is 35.5. The highest BCUT2D eigenvalue weighted by Gasteiger charge is 2.40. The SMILES string of the molecule is CC1(C)SC(=Nc2ccccc2)NN1C(=O)COc1ccc(Cl)cc1. The van der Waals surface area contributed by atoms with Gasteiger partial charge < -0.3 is 4.74 Å². The maximum absolute atomic E-state index is 12.5.